The molecule has 0 spiro atoms. The molecule has 1 amide bonds. The molecule has 2 heterocycles. The first-order chi connectivity index (χ1) is 16.4. The highest BCUT2D eigenvalue weighted by Crippen LogP contribution is 2.39. The van der Waals surface area contributed by atoms with Crippen molar-refractivity contribution in [3.05, 3.63) is 11.9 Å². The van der Waals surface area contributed by atoms with Crippen molar-refractivity contribution in [3.8, 4) is 5.88 Å². The summed E-state index contributed by atoms with van der Waals surface area (Å²) >= 11 is 0. The molecule has 1 saturated carbocycles. The van der Waals surface area contributed by atoms with Gasteiger partial charge in [0.15, 0.2) is 18.4 Å². The van der Waals surface area contributed by atoms with Crippen LogP contribution in [0.2, 0.25) is 0 Å². The van der Waals surface area contributed by atoms with E-state index in [0.29, 0.717) is 45.0 Å². The molecule has 0 aromatic carbocycles. The van der Waals surface area contributed by atoms with Gasteiger partial charge in [-0.2, -0.15) is 0 Å². The smallest absolute Gasteiger partial charge is 0.331 e. The van der Waals surface area contributed by atoms with Crippen molar-refractivity contribution in [2.24, 2.45) is 11.8 Å². The zero-order chi connectivity index (χ0) is 24.7. The third kappa shape index (κ3) is 5.93. The van der Waals surface area contributed by atoms with E-state index in [1.807, 2.05) is 18.7 Å². The number of carbonyl (C=O) groups excluding carboxylic acids is 2. The molecule has 3 rings (SSSR count). The van der Waals surface area contributed by atoms with E-state index in [4.69, 9.17) is 18.9 Å². The average molecular weight is 483 g/mol. The van der Waals surface area contributed by atoms with E-state index in [1.165, 1.54) is 6.20 Å². The molecule has 1 aliphatic heterocycles. The second kappa shape index (κ2) is 11.7. The van der Waals surface area contributed by atoms with Gasteiger partial charge in [-0.05, 0) is 38.0 Å². The van der Waals surface area contributed by atoms with Crippen LogP contribution in [-0.2, 0) is 19.0 Å². The molecule has 2 aliphatic rings. The van der Waals surface area contributed by atoms with Crippen LogP contribution in [0.25, 0.3) is 0 Å². The second-order valence-corrected chi connectivity index (χ2v) is 8.66. The van der Waals surface area contributed by atoms with Gasteiger partial charge in [0.25, 0.3) is 11.8 Å². The van der Waals surface area contributed by atoms with Gasteiger partial charge in [0.2, 0.25) is 0 Å². The van der Waals surface area contributed by atoms with Gasteiger partial charge < -0.3 is 29.2 Å². The Hall–Kier alpha value is -2.53. The van der Waals surface area contributed by atoms with Crippen LogP contribution < -0.4 is 15.0 Å². The summed E-state index contributed by atoms with van der Waals surface area (Å²) in [5.74, 6) is 0.257. The fourth-order valence-corrected chi connectivity index (χ4v) is 3.97. The molecule has 10 nitrogen and oxygen atoms in total. The maximum atomic E-state index is 13.1. The largest absolute Gasteiger partial charge is 0.475 e. The third-order valence-corrected chi connectivity index (χ3v) is 6.57. The van der Waals surface area contributed by atoms with E-state index in [2.05, 4.69) is 15.3 Å². The van der Waals surface area contributed by atoms with Crippen LogP contribution in [-0.4, -0.2) is 80.4 Å². The summed E-state index contributed by atoms with van der Waals surface area (Å²) in [5, 5.41) is 2.80. The Kier molecular flexibility index (Phi) is 9.01. The minimum atomic E-state index is -1.14. The standard InChI is InChI=1S/C23H35FN4O6/c1-5-23(6-2,22(30)33-7-3)27-20(29)18-9-25-19(28-10-17(11-28)31-4)21(26-18)34-13-16-8-15(16)12-32-14-24/h9,15-17H,5-8,10-14H2,1-4H3,(H,27,29)/t15-,16-/m1/s1. The Morgan fingerprint density at radius 3 is 2.53 bits per heavy atom. The third-order valence-electron chi connectivity index (χ3n) is 6.57. The molecular formula is C23H35FN4O6. The van der Waals surface area contributed by atoms with Crippen LogP contribution in [0.1, 0.15) is 50.5 Å². The lowest BCUT2D eigenvalue weighted by Crippen LogP contribution is -2.54. The number of methoxy groups -OCH3 is 1. The van der Waals surface area contributed by atoms with E-state index >= 15 is 0 Å². The monoisotopic (exact) mass is 482 g/mol. The number of hydrogen-bond acceptors (Lipinski definition) is 9. The minimum absolute atomic E-state index is 0.0475. The number of halogens is 1. The van der Waals surface area contributed by atoms with Gasteiger partial charge in [0.05, 0.1) is 32.1 Å². The Labute approximate surface area is 199 Å². The van der Waals surface area contributed by atoms with Gasteiger partial charge in [-0.25, -0.2) is 19.2 Å². The zero-order valence-corrected chi connectivity index (χ0v) is 20.3. The summed E-state index contributed by atoms with van der Waals surface area (Å²) in [6.45, 7) is 6.79. The second-order valence-electron chi connectivity index (χ2n) is 8.66. The van der Waals surface area contributed by atoms with Crippen LogP contribution in [0, 0.1) is 11.8 Å². The molecule has 0 bridgehead atoms. The Bertz CT molecular complexity index is 847. The van der Waals surface area contributed by atoms with E-state index < -0.39 is 24.3 Å². The van der Waals surface area contributed by atoms with E-state index in [0.717, 1.165) is 6.42 Å². The van der Waals surface area contributed by atoms with Gasteiger partial charge >= 0.3 is 5.97 Å². The predicted molar refractivity (Wildman–Crippen MR) is 121 cm³/mol. The number of esters is 1. The lowest BCUT2D eigenvalue weighted by atomic mass is 9.92. The van der Waals surface area contributed by atoms with Crippen LogP contribution in [0.15, 0.2) is 6.20 Å². The van der Waals surface area contributed by atoms with Crippen molar-refractivity contribution in [2.75, 3.05) is 51.8 Å². The lowest BCUT2D eigenvalue weighted by molar-refractivity contribution is -0.151. The molecule has 1 aliphatic carbocycles. The van der Waals surface area contributed by atoms with Gasteiger partial charge in [0, 0.05) is 20.2 Å². The number of carbonyl (C=O) groups is 2. The first-order valence-electron chi connectivity index (χ1n) is 11.8. The highest BCUT2D eigenvalue weighted by molar-refractivity contribution is 5.96. The maximum Gasteiger partial charge on any atom is 0.331 e. The molecule has 2 atom stereocenters. The number of nitrogens with one attached hydrogen (secondary N) is 1. The van der Waals surface area contributed by atoms with Crippen molar-refractivity contribution < 1.29 is 32.9 Å². The lowest BCUT2D eigenvalue weighted by Gasteiger charge is -2.39. The molecule has 1 saturated heterocycles. The van der Waals surface area contributed by atoms with Crippen molar-refractivity contribution in [2.45, 2.75) is 51.7 Å². The van der Waals surface area contributed by atoms with E-state index in [-0.39, 0.29) is 36.1 Å². The first kappa shape index (κ1) is 26.1. The maximum absolute atomic E-state index is 13.1. The van der Waals surface area contributed by atoms with Gasteiger partial charge in [-0.15, -0.1) is 0 Å². The van der Waals surface area contributed by atoms with Crippen LogP contribution in [0.4, 0.5) is 10.2 Å². The summed E-state index contributed by atoms with van der Waals surface area (Å²) in [7, 11) is 1.66. The highest BCUT2D eigenvalue weighted by atomic mass is 19.1. The number of hydrogen-bond donors (Lipinski definition) is 1. The average Bonchev–Trinajstić information content (AvgIpc) is 3.58. The SMILES string of the molecule is CCOC(=O)C(CC)(CC)NC(=O)c1cnc(N2CC(OC)C2)c(OC[C@H]2C[C@@H]2COCF)n1. The first-order valence-corrected chi connectivity index (χ1v) is 11.8. The summed E-state index contributed by atoms with van der Waals surface area (Å²) < 4.78 is 33.6. The van der Waals surface area contributed by atoms with Crippen LogP contribution >= 0.6 is 0 Å². The summed E-state index contributed by atoms with van der Waals surface area (Å²) in [6, 6.07) is 0. The number of anilines is 1. The predicted octanol–water partition coefficient (Wildman–Crippen LogP) is 2.12. The highest BCUT2D eigenvalue weighted by Gasteiger charge is 2.40. The quantitative estimate of drug-likeness (QED) is 0.399. The summed E-state index contributed by atoms with van der Waals surface area (Å²) in [4.78, 5) is 36.5. The number of aromatic nitrogens is 2. The number of nitrogens with zero attached hydrogens (tertiary/aromatic N) is 3. The normalized spacial score (nSPS) is 20.0. The Balaban J connectivity index is 1.75. The molecule has 190 valence electrons. The van der Waals surface area contributed by atoms with Crippen molar-refractivity contribution in [1.29, 1.82) is 0 Å². The fraction of sp³-hybridized carbons (Fsp3) is 0.739. The van der Waals surface area contributed by atoms with Gasteiger partial charge in [-0.3, -0.25) is 4.79 Å². The molecule has 2 fully saturated rings. The van der Waals surface area contributed by atoms with Gasteiger partial charge in [-0.1, -0.05) is 13.8 Å². The number of rotatable bonds is 14. The molecule has 11 heteroatoms. The number of ether oxygens (including phenoxy) is 4. The topological polar surface area (TPSA) is 112 Å². The summed E-state index contributed by atoms with van der Waals surface area (Å²) in [6.07, 6.45) is 3.11. The Morgan fingerprint density at radius 2 is 1.91 bits per heavy atom. The van der Waals surface area contributed by atoms with Gasteiger partial charge in [0.1, 0.15) is 5.54 Å². The molecule has 34 heavy (non-hydrogen) atoms. The summed E-state index contributed by atoms with van der Waals surface area (Å²) in [5.41, 5.74) is -1.10. The number of alkyl halides is 1. The van der Waals surface area contributed by atoms with Crippen molar-refractivity contribution >= 4 is 17.7 Å². The molecule has 0 unspecified atom stereocenters. The molecule has 1 aromatic rings. The molecule has 0 radical (unpaired) electrons. The van der Waals surface area contributed by atoms with E-state index in [1.54, 1.807) is 14.0 Å². The molecule has 1 N–H and O–H groups in total. The molecule has 1 aromatic heterocycles. The van der Waals surface area contributed by atoms with E-state index in [9.17, 15) is 14.0 Å². The molecular weight excluding hydrogens is 447 g/mol. The minimum Gasteiger partial charge on any atom is -0.475 e. The zero-order valence-electron chi connectivity index (χ0n) is 20.3. The van der Waals surface area contributed by atoms with Crippen molar-refractivity contribution in [3.63, 3.8) is 0 Å². The van der Waals surface area contributed by atoms with Crippen molar-refractivity contribution in [1.82, 2.24) is 15.3 Å². The van der Waals surface area contributed by atoms with Crippen LogP contribution in [0.3, 0.4) is 0 Å². The van der Waals surface area contributed by atoms with Crippen LogP contribution in [0.5, 0.6) is 5.88 Å². The number of amides is 1. The Morgan fingerprint density at radius 1 is 1.21 bits per heavy atom. The fourth-order valence-electron chi connectivity index (χ4n) is 3.97.